The second kappa shape index (κ2) is 3.25. The van der Waals surface area contributed by atoms with Crippen molar-refractivity contribution < 1.29 is 23.7 Å². The Kier molecular flexibility index (Phi) is 2.38. The van der Waals surface area contributed by atoms with Crippen molar-refractivity contribution in [2.45, 2.75) is 50.7 Å². The monoisotopic (exact) mass is 216 g/mol. The Balaban J connectivity index is 2.30. The second-order valence-corrected chi connectivity index (χ2v) is 4.53. The van der Waals surface area contributed by atoms with Gasteiger partial charge in [-0.25, -0.2) is 0 Å². The van der Waals surface area contributed by atoms with Gasteiger partial charge in [-0.15, -0.1) is 0 Å². The second-order valence-electron chi connectivity index (χ2n) is 4.53. The highest BCUT2D eigenvalue weighted by molar-refractivity contribution is 5.58. The molecule has 4 unspecified atom stereocenters. The highest BCUT2D eigenvalue weighted by Gasteiger charge is 2.63. The van der Waals surface area contributed by atoms with Gasteiger partial charge in [-0.05, 0) is 20.8 Å². The molecule has 0 amide bonds. The van der Waals surface area contributed by atoms with Gasteiger partial charge in [0.15, 0.2) is 18.4 Å². The Morgan fingerprint density at radius 3 is 2.53 bits per heavy atom. The first kappa shape index (κ1) is 11.0. The van der Waals surface area contributed by atoms with Crippen LogP contribution in [-0.2, 0) is 23.7 Å². The van der Waals surface area contributed by atoms with E-state index in [1.165, 1.54) is 7.11 Å². The Hall–Kier alpha value is -0.490. The molecule has 0 aromatic heterocycles. The first-order valence-electron chi connectivity index (χ1n) is 4.94. The van der Waals surface area contributed by atoms with Crippen LogP contribution in [-0.4, -0.2) is 43.3 Å². The number of ether oxygens (including phenoxy) is 4. The van der Waals surface area contributed by atoms with Crippen molar-refractivity contribution in [3.63, 3.8) is 0 Å². The zero-order chi connectivity index (χ0) is 11.3. The summed E-state index contributed by atoms with van der Waals surface area (Å²) in [6, 6.07) is 0. The van der Waals surface area contributed by atoms with Gasteiger partial charge in [-0.1, -0.05) is 0 Å². The zero-order valence-electron chi connectivity index (χ0n) is 9.35. The molecule has 0 radical (unpaired) electrons. The molecule has 2 aliphatic rings. The molecule has 2 aliphatic heterocycles. The summed E-state index contributed by atoms with van der Waals surface area (Å²) in [7, 11) is 1.52. The fourth-order valence-electron chi connectivity index (χ4n) is 2.35. The molecule has 2 heterocycles. The molecule has 5 heteroatoms. The Bertz CT molecular complexity index is 277. The van der Waals surface area contributed by atoms with E-state index in [9.17, 15) is 4.79 Å². The largest absolute Gasteiger partial charge is 0.353 e. The molecule has 4 atom stereocenters. The molecule has 86 valence electrons. The van der Waals surface area contributed by atoms with Crippen molar-refractivity contribution in [3.8, 4) is 0 Å². The zero-order valence-corrected chi connectivity index (χ0v) is 9.35. The minimum atomic E-state index is -0.718. The molecule has 2 fully saturated rings. The maximum Gasteiger partial charge on any atom is 0.189 e. The van der Waals surface area contributed by atoms with Gasteiger partial charge < -0.3 is 23.7 Å². The van der Waals surface area contributed by atoms with Crippen molar-refractivity contribution in [2.75, 3.05) is 7.11 Å². The molecule has 2 saturated heterocycles. The minimum Gasteiger partial charge on any atom is -0.353 e. The Labute approximate surface area is 88.6 Å². The van der Waals surface area contributed by atoms with E-state index in [-0.39, 0.29) is 0 Å². The van der Waals surface area contributed by atoms with E-state index in [4.69, 9.17) is 18.9 Å². The molecular formula is C10H16O5. The Morgan fingerprint density at radius 2 is 2.00 bits per heavy atom. The van der Waals surface area contributed by atoms with E-state index in [0.29, 0.717) is 0 Å². The fourth-order valence-corrected chi connectivity index (χ4v) is 2.35. The maximum absolute atomic E-state index is 10.8. The van der Waals surface area contributed by atoms with Crippen molar-refractivity contribution in [1.82, 2.24) is 0 Å². The minimum absolute atomic E-state index is 0.407. The summed E-state index contributed by atoms with van der Waals surface area (Å²) in [4.78, 5) is 10.8. The van der Waals surface area contributed by atoms with E-state index in [0.717, 1.165) is 6.29 Å². The van der Waals surface area contributed by atoms with Crippen LogP contribution in [0, 0.1) is 0 Å². The van der Waals surface area contributed by atoms with Crippen LogP contribution in [0.3, 0.4) is 0 Å². The average Bonchev–Trinajstić information content (AvgIpc) is 2.51. The van der Waals surface area contributed by atoms with Crippen LogP contribution < -0.4 is 0 Å². The quantitative estimate of drug-likeness (QED) is 0.628. The number of hydrogen-bond acceptors (Lipinski definition) is 5. The lowest BCUT2D eigenvalue weighted by Gasteiger charge is -2.28. The average molecular weight is 216 g/mol. The maximum atomic E-state index is 10.8. The molecule has 0 N–H and O–H groups in total. The van der Waals surface area contributed by atoms with Crippen LogP contribution >= 0.6 is 0 Å². The van der Waals surface area contributed by atoms with Gasteiger partial charge >= 0.3 is 0 Å². The predicted octanol–water partition coefficient (Wildman–Crippen LogP) is 0.467. The molecule has 0 spiro atoms. The van der Waals surface area contributed by atoms with Gasteiger partial charge in [0.25, 0.3) is 0 Å². The van der Waals surface area contributed by atoms with E-state index in [1.807, 2.05) is 20.8 Å². The lowest BCUT2D eigenvalue weighted by atomic mass is 9.98. The molecule has 15 heavy (non-hydrogen) atoms. The van der Waals surface area contributed by atoms with Crippen molar-refractivity contribution in [2.24, 2.45) is 0 Å². The summed E-state index contributed by atoms with van der Waals surface area (Å²) in [5.74, 6) is -0.707. The molecule has 0 aliphatic carbocycles. The third kappa shape index (κ3) is 1.50. The molecule has 0 aromatic rings. The Morgan fingerprint density at radius 1 is 1.33 bits per heavy atom. The molecule has 5 nitrogen and oxygen atoms in total. The summed E-state index contributed by atoms with van der Waals surface area (Å²) < 4.78 is 22.0. The third-order valence-electron chi connectivity index (χ3n) is 2.84. The van der Waals surface area contributed by atoms with E-state index in [1.54, 1.807) is 0 Å². The SMILES string of the molecule is COC1OC(C=O)C2OC(C)(C)OC12C. The van der Waals surface area contributed by atoms with Crippen LogP contribution in [0.2, 0.25) is 0 Å². The number of carbonyl (C=O) groups is 1. The number of methoxy groups -OCH3 is 1. The summed E-state index contributed by atoms with van der Waals surface area (Å²) in [5, 5.41) is 0. The molecule has 0 aromatic carbocycles. The van der Waals surface area contributed by atoms with Gasteiger partial charge in [0.2, 0.25) is 0 Å². The highest BCUT2D eigenvalue weighted by atomic mass is 16.8. The molecule has 2 rings (SSSR count). The van der Waals surface area contributed by atoms with Gasteiger partial charge in [0, 0.05) is 7.11 Å². The van der Waals surface area contributed by atoms with Gasteiger partial charge in [0.05, 0.1) is 0 Å². The van der Waals surface area contributed by atoms with Crippen molar-refractivity contribution >= 4 is 6.29 Å². The fraction of sp³-hybridized carbons (Fsp3) is 0.900. The normalized spacial score (nSPS) is 47.9. The summed E-state index contributed by atoms with van der Waals surface area (Å²) in [6.45, 7) is 5.46. The molecule has 0 saturated carbocycles. The van der Waals surface area contributed by atoms with Crippen LogP contribution in [0.15, 0.2) is 0 Å². The van der Waals surface area contributed by atoms with Gasteiger partial charge in [-0.3, -0.25) is 0 Å². The summed E-state index contributed by atoms with van der Waals surface area (Å²) in [5.41, 5.74) is -0.718. The van der Waals surface area contributed by atoms with E-state index < -0.39 is 29.9 Å². The number of aldehydes is 1. The smallest absolute Gasteiger partial charge is 0.189 e. The van der Waals surface area contributed by atoms with Gasteiger partial charge in [-0.2, -0.15) is 0 Å². The summed E-state index contributed by atoms with van der Waals surface area (Å²) in [6.07, 6.45) is -0.872. The highest BCUT2D eigenvalue weighted by Crippen LogP contribution is 2.46. The van der Waals surface area contributed by atoms with Crippen LogP contribution in [0.4, 0.5) is 0 Å². The van der Waals surface area contributed by atoms with Crippen LogP contribution in [0.25, 0.3) is 0 Å². The van der Waals surface area contributed by atoms with Crippen LogP contribution in [0.1, 0.15) is 20.8 Å². The van der Waals surface area contributed by atoms with Crippen LogP contribution in [0.5, 0.6) is 0 Å². The summed E-state index contributed by atoms with van der Waals surface area (Å²) >= 11 is 0. The molecule has 0 bridgehead atoms. The number of fused-ring (bicyclic) bond motifs is 1. The first-order valence-corrected chi connectivity index (χ1v) is 4.94. The lowest BCUT2D eigenvalue weighted by Crippen LogP contribution is -2.44. The predicted molar refractivity (Wildman–Crippen MR) is 50.2 cm³/mol. The number of carbonyl (C=O) groups excluding carboxylic acids is 1. The van der Waals surface area contributed by atoms with E-state index in [2.05, 4.69) is 0 Å². The standard InChI is InChI=1S/C10H16O5/c1-9(2)14-7-6(5-11)13-8(12-4)10(7,3)15-9/h5-8H,1-4H3. The first-order chi connectivity index (χ1) is 6.93. The third-order valence-corrected chi connectivity index (χ3v) is 2.84. The topological polar surface area (TPSA) is 54.0 Å². The van der Waals surface area contributed by atoms with E-state index >= 15 is 0 Å². The number of hydrogen-bond donors (Lipinski definition) is 0. The van der Waals surface area contributed by atoms with Crippen molar-refractivity contribution in [3.05, 3.63) is 0 Å². The lowest BCUT2D eigenvalue weighted by molar-refractivity contribution is -0.246. The van der Waals surface area contributed by atoms with Gasteiger partial charge in [0.1, 0.15) is 17.8 Å². The van der Waals surface area contributed by atoms with Crippen molar-refractivity contribution in [1.29, 1.82) is 0 Å². The molecular weight excluding hydrogens is 200 g/mol. The number of rotatable bonds is 2.